The van der Waals surface area contributed by atoms with Crippen LogP contribution in [0.4, 0.5) is 14.6 Å². The Morgan fingerprint density at radius 1 is 1.22 bits per heavy atom. The minimum absolute atomic E-state index is 0.0403. The van der Waals surface area contributed by atoms with Gasteiger partial charge in [0.2, 0.25) is 0 Å². The molecule has 1 aliphatic rings. The average molecular weight is 503 g/mol. The zero-order valence-electron chi connectivity index (χ0n) is 18.5. The molecule has 1 amide bonds. The van der Waals surface area contributed by atoms with Crippen molar-refractivity contribution in [2.45, 2.75) is 31.0 Å². The predicted octanol–water partition coefficient (Wildman–Crippen LogP) is -1.09. The molecule has 5 rings (SSSR count). The van der Waals surface area contributed by atoms with E-state index < -0.39 is 43.4 Å². The molecule has 0 bridgehead atoms. The minimum Gasteiger partial charge on any atom is -0.387 e. The summed E-state index contributed by atoms with van der Waals surface area (Å²) < 4.78 is 33.9. The van der Waals surface area contributed by atoms with E-state index in [1.54, 1.807) is 12.1 Å². The van der Waals surface area contributed by atoms with Crippen LogP contribution in [0.1, 0.15) is 6.23 Å². The number of hydrogen-bond acceptors (Lipinski definition) is 12. The first-order valence-electron chi connectivity index (χ1n) is 10.6. The second-order valence-electron chi connectivity index (χ2n) is 7.67. The lowest BCUT2D eigenvalue weighted by Gasteiger charge is -2.17. The molecule has 188 valence electrons. The second kappa shape index (κ2) is 9.44. The van der Waals surface area contributed by atoms with E-state index in [1.807, 2.05) is 0 Å². The third kappa shape index (κ3) is 4.18. The monoisotopic (exact) mass is 503 g/mol. The number of carbonyl (C=O) groups excluding carboxylic acids is 1. The number of imidazole rings is 1. The fourth-order valence-electron chi connectivity index (χ4n) is 3.66. The van der Waals surface area contributed by atoms with Crippen LogP contribution in [0.2, 0.25) is 0 Å². The van der Waals surface area contributed by atoms with E-state index >= 15 is 0 Å². The van der Waals surface area contributed by atoms with Crippen LogP contribution in [0, 0.1) is 0 Å². The normalized spacial score (nSPS) is 21.8. The van der Waals surface area contributed by atoms with Crippen LogP contribution in [0.3, 0.4) is 0 Å². The van der Waals surface area contributed by atoms with E-state index in [-0.39, 0.29) is 22.9 Å². The largest absolute Gasteiger partial charge is 0.387 e. The molecule has 4 aromatic rings. The highest BCUT2D eigenvalue weighted by atomic mass is 19.3. The molecule has 0 spiro atoms. The highest BCUT2D eigenvalue weighted by Gasteiger charge is 2.47. The number of hydrogen-bond donors (Lipinski definition) is 4. The molecule has 1 fully saturated rings. The Morgan fingerprint density at radius 3 is 2.78 bits per heavy atom. The lowest BCUT2D eigenvalue weighted by atomic mass is 10.1. The van der Waals surface area contributed by atoms with Gasteiger partial charge in [-0.25, -0.2) is 13.8 Å². The number of rotatable bonds is 7. The van der Waals surface area contributed by atoms with E-state index in [1.165, 1.54) is 35.0 Å². The number of carbonyl (C=O) groups is 1. The lowest BCUT2D eigenvalue weighted by molar-refractivity contribution is -0.137. The third-order valence-corrected chi connectivity index (χ3v) is 5.38. The number of anilines is 1. The molecule has 1 unspecified atom stereocenters. The van der Waals surface area contributed by atoms with Crippen LogP contribution >= 0.6 is 0 Å². The Hall–Kier alpha value is -4.22. The molecule has 15 nitrogen and oxygen atoms in total. The first-order valence-corrected chi connectivity index (χ1v) is 10.6. The van der Waals surface area contributed by atoms with Gasteiger partial charge in [-0.05, 0) is 12.1 Å². The number of ether oxygens (including phenoxy) is 1. The maximum Gasteiger partial charge on any atom is 0.256 e. The number of likely N-dealkylation sites (N-methyl/N-ethyl adjacent to an activating group) is 1. The predicted molar refractivity (Wildman–Crippen MR) is 116 cm³/mol. The number of halogens is 2. The van der Waals surface area contributed by atoms with Gasteiger partial charge in [-0.1, -0.05) is 5.21 Å². The van der Waals surface area contributed by atoms with E-state index in [9.17, 15) is 23.8 Å². The summed E-state index contributed by atoms with van der Waals surface area (Å²) in [4.78, 5) is 24.9. The molecule has 5 heterocycles. The summed E-state index contributed by atoms with van der Waals surface area (Å²) in [6.07, 6.45) is -4.15. The zero-order valence-corrected chi connectivity index (χ0v) is 18.5. The summed E-state index contributed by atoms with van der Waals surface area (Å²) >= 11 is 0. The van der Waals surface area contributed by atoms with Crippen LogP contribution in [0.15, 0.2) is 30.9 Å². The van der Waals surface area contributed by atoms with Gasteiger partial charge in [0.1, 0.15) is 23.6 Å². The molecule has 0 saturated carbocycles. The highest BCUT2D eigenvalue weighted by molar-refractivity contribution is 5.84. The Kier molecular flexibility index (Phi) is 6.17. The molecular weight excluding hydrogens is 484 g/mol. The molecule has 4 aromatic heterocycles. The Morgan fingerprint density at radius 2 is 2.06 bits per heavy atom. The van der Waals surface area contributed by atoms with Crippen molar-refractivity contribution in [3.63, 3.8) is 0 Å². The van der Waals surface area contributed by atoms with Crippen LogP contribution < -0.4 is 10.6 Å². The summed E-state index contributed by atoms with van der Waals surface area (Å²) in [5, 5.41) is 41.5. The fourth-order valence-corrected chi connectivity index (χ4v) is 3.66. The molecule has 17 heteroatoms. The fraction of sp³-hybridized carbons (Fsp3) is 0.368. The number of aliphatic hydroxyl groups excluding tert-OH is 2. The third-order valence-electron chi connectivity index (χ3n) is 5.38. The quantitative estimate of drug-likeness (QED) is 0.239. The van der Waals surface area contributed by atoms with Gasteiger partial charge < -0.3 is 25.6 Å². The first-order chi connectivity index (χ1) is 17.4. The standard InChI is InChI=1S/C19H19F2N11O4/c1-22-17(35)14-12(33)13(34)18(36-14)31-7-24-11-15(23-5-10(20)21)26-19(27-16(11)31)32-6-9(29-30-32)8-3-2-4-25-28-8/h2-4,6-7,10,12-14,18,33-34H,5H2,1H3,(H,22,35)(H,23,26,27)/t12-,13+,14?,18+/m0/s1. The van der Waals surface area contributed by atoms with E-state index in [0.717, 1.165) is 0 Å². The number of fused-ring (bicyclic) bond motifs is 1. The van der Waals surface area contributed by atoms with Crippen molar-refractivity contribution < 1.29 is 28.5 Å². The summed E-state index contributed by atoms with van der Waals surface area (Å²) in [7, 11) is 1.36. The van der Waals surface area contributed by atoms with Gasteiger partial charge in [-0.15, -0.1) is 10.2 Å². The molecule has 0 aliphatic carbocycles. The Bertz CT molecular complexity index is 1380. The number of amides is 1. The average Bonchev–Trinajstić information content (AvgIpc) is 3.61. The van der Waals surface area contributed by atoms with Gasteiger partial charge in [0.25, 0.3) is 18.3 Å². The summed E-state index contributed by atoms with van der Waals surface area (Å²) in [6.45, 7) is -0.722. The Labute approximate surface area is 200 Å². The van der Waals surface area contributed by atoms with Gasteiger partial charge >= 0.3 is 0 Å². The van der Waals surface area contributed by atoms with Gasteiger partial charge in [-0.3, -0.25) is 9.36 Å². The second-order valence-corrected chi connectivity index (χ2v) is 7.67. The van der Waals surface area contributed by atoms with Crippen molar-refractivity contribution in [2.24, 2.45) is 0 Å². The lowest BCUT2D eigenvalue weighted by Crippen LogP contribution is -2.41. The van der Waals surface area contributed by atoms with Crippen LogP contribution in [-0.4, -0.2) is 99.2 Å². The maximum atomic E-state index is 12.9. The van der Waals surface area contributed by atoms with E-state index in [2.05, 4.69) is 46.1 Å². The molecule has 4 atom stereocenters. The van der Waals surface area contributed by atoms with E-state index in [0.29, 0.717) is 11.4 Å². The molecule has 36 heavy (non-hydrogen) atoms. The van der Waals surface area contributed by atoms with Crippen molar-refractivity contribution in [3.05, 3.63) is 30.9 Å². The zero-order chi connectivity index (χ0) is 25.4. The number of nitrogens with zero attached hydrogens (tertiary/aromatic N) is 9. The van der Waals surface area contributed by atoms with Crippen molar-refractivity contribution in [1.29, 1.82) is 0 Å². The molecule has 0 radical (unpaired) electrons. The van der Waals surface area contributed by atoms with Crippen molar-refractivity contribution in [2.75, 3.05) is 18.9 Å². The summed E-state index contributed by atoms with van der Waals surface area (Å²) in [5.41, 5.74) is 0.931. The number of aliphatic hydroxyl groups is 2. The molecule has 0 aromatic carbocycles. The molecule has 4 N–H and O–H groups in total. The van der Waals surface area contributed by atoms with Crippen molar-refractivity contribution in [1.82, 2.24) is 50.0 Å². The minimum atomic E-state index is -2.68. The van der Waals surface area contributed by atoms with Gasteiger partial charge in [-0.2, -0.15) is 19.7 Å². The van der Waals surface area contributed by atoms with Gasteiger partial charge in [0, 0.05) is 13.2 Å². The SMILES string of the molecule is CNC(=O)C1O[C@@H](n2cnc3c(NCC(F)F)nc(-n4cc(-c5cccnn5)nn4)nc32)[C@H](O)[C@@H]1O. The van der Waals surface area contributed by atoms with Crippen molar-refractivity contribution >= 4 is 22.9 Å². The van der Waals surface area contributed by atoms with Crippen LogP contribution in [-0.2, 0) is 9.53 Å². The number of alkyl halides is 2. The van der Waals surface area contributed by atoms with Crippen molar-refractivity contribution in [3.8, 4) is 17.3 Å². The Balaban J connectivity index is 1.58. The topological polar surface area (TPSA) is 191 Å². The van der Waals surface area contributed by atoms with E-state index in [4.69, 9.17) is 4.74 Å². The van der Waals surface area contributed by atoms with Crippen LogP contribution in [0.25, 0.3) is 28.5 Å². The number of aromatic nitrogens is 9. The molecular formula is C19H19F2N11O4. The molecule has 1 saturated heterocycles. The summed E-state index contributed by atoms with van der Waals surface area (Å²) in [6, 6.07) is 3.34. The highest BCUT2D eigenvalue weighted by Crippen LogP contribution is 2.33. The van der Waals surface area contributed by atoms with Gasteiger partial charge in [0.05, 0.1) is 19.1 Å². The summed E-state index contributed by atoms with van der Waals surface area (Å²) in [5.74, 6) is -0.747. The maximum absolute atomic E-state index is 12.9. The van der Waals surface area contributed by atoms with Crippen LogP contribution in [0.5, 0.6) is 0 Å². The van der Waals surface area contributed by atoms with Gasteiger partial charge in [0.15, 0.2) is 29.3 Å². The molecule has 1 aliphatic heterocycles. The smallest absolute Gasteiger partial charge is 0.256 e. The first kappa shape index (κ1) is 23.5. The number of nitrogens with one attached hydrogen (secondary N) is 2.